The summed E-state index contributed by atoms with van der Waals surface area (Å²) >= 11 is 3.66. The summed E-state index contributed by atoms with van der Waals surface area (Å²) in [5, 5.41) is 3.29. The SMILES string of the molecule is CCCCO[C@H]1[C@H]2OC(C)(C)O[C@H]2O[C@@H]1[C@H](CCCBr)O[Si](c1ccccc1)(c1ccccc1)C(C)(C)C. The van der Waals surface area contributed by atoms with Crippen molar-refractivity contribution in [2.45, 2.75) is 109 Å². The number of ether oxygens (including phenoxy) is 4. The average molecular weight is 606 g/mol. The van der Waals surface area contributed by atoms with Gasteiger partial charge in [-0.1, -0.05) is 111 Å². The third-order valence-electron chi connectivity index (χ3n) is 7.57. The van der Waals surface area contributed by atoms with Crippen LogP contribution in [0, 0.1) is 0 Å². The van der Waals surface area contributed by atoms with E-state index < -0.39 is 20.4 Å². The van der Waals surface area contributed by atoms with E-state index in [2.05, 4.69) is 104 Å². The van der Waals surface area contributed by atoms with E-state index in [1.807, 2.05) is 13.8 Å². The van der Waals surface area contributed by atoms with Gasteiger partial charge in [0.05, 0.1) is 6.10 Å². The van der Waals surface area contributed by atoms with Gasteiger partial charge in [0.1, 0.15) is 18.3 Å². The highest BCUT2D eigenvalue weighted by Gasteiger charge is 2.59. The zero-order chi connectivity index (χ0) is 27.4. The van der Waals surface area contributed by atoms with Crippen molar-refractivity contribution in [3.05, 3.63) is 60.7 Å². The lowest BCUT2D eigenvalue weighted by molar-refractivity contribution is -0.228. The molecule has 5 atom stereocenters. The second kappa shape index (κ2) is 12.6. The Morgan fingerprint density at radius 3 is 2.08 bits per heavy atom. The molecule has 210 valence electrons. The van der Waals surface area contributed by atoms with E-state index in [4.69, 9.17) is 23.4 Å². The van der Waals surface area contributed by atoms with Crippen molar-refractivity contribution in [3.63, 3.8) is 0 Å². The van der Waals surface area contributed by atoms with Crippen LogP contribution in [0.4, 0.5) is 0 Å². The van der Waals surface area contributed by atoms with Crippen LogP contribution in [0.3, 0.4) is 0 Å². The number of hydrogen-bond donors (Lipinski definition) is 0. The van der Waals surface area contributed by atoms with Crippen LogP contribution in [-0.2, 0) is 23.4 Å². The van der Waals surface area contributed by atoms with Gasteiger partial charge in [-0.05, 0) is 48.5 Å². The lowest BCUT2D eigenvalue weighted by Crippen LogP contribution is -2.69. The van der Waals surface area contributed by atoms with Gasteiger partial charge in [-0.25, -0.2) is 0 Å². The van der Waals surface area contributed by atoms with Crippen LogP contribution in [0.5, 0.6) is 0 Å². The summed E-state index contributed by atoms with van der Waals surface area (Å²) in [4.78, 5) is 0. The number of fused-ring (bicyclic) bond motifs is 1. The molecule has 0 aliphatic carbocycles. The minimum absolute atomic E-state index is 0.135. The van der Waals surface area contributed by atoms with Crippen LogP contribution in [-0.4, -0.2) is 56.7 Å². The number of rotatable bonds is 12. The molecule has 7 heteroatoms. The molecule has 2 aromatic rings. The molecule has 5 nitrogen and oxygen atoms in total. The summed E-state index contributed by atoms with van der Waals surface area (Å²) < 4.78 is 33.3. The highest BCUT2D eigenvalue weighted by atomic mass is 79.9. The molecule has 0 unspecified atom stereocenters. The standard InChI is InChI=1S/C31H45BrO5Si/c1-7-8-22-33-27-26(34-29-28(27)35-31(5,6)36-29)25(20-15-21-32)37-38(30(2,3)4,23-16-11-9-12-17-23)24-18-13-10-14-19-24/h9-14,16-19,25-29H,7-8,15,20-22H2,1-6H3/t25-,26+,27+,28+,29+/m0/s1. The predicted molar refractivity (Wildman–Crippen MR) is 159 cm³/mol. The monoisotopic (exact) mass is 604 g/mol. The lowest BCUT2D eigenvalue weighted by Gasteiger charge is -2.46. The van der Waals surface area contributed by atoms with Gasteiger partial charge in [-0.3, -0.25) is 0 Å². The van der Waals surface area contributed by atoms with E-state index >= 15 is 0 Å². The first kappa shape index (κ1) is 29.9. The van der Waals surface area contributed by atoms with Gasteiger partial charge in [-0.15, -0.1) is 0 Å². The maximum atomic E-state index is 7.62. The number of halogens is 1. The molecule has 0 bridgehead atoms. The number of unbranched alkanes of at least 4 members (excludes halogenated alkanes) is 1. The maximum absolute atomic E-state index is 7.62. The van der Waals surface area contributed by atoms with E-state index in [9.17, 15) is 0 Å². The topological polar surface area (TPSA) is 46.2 Å². The molecule has 2 fully saturated rings. The van der Waals surface area contributed by atoms with E-state index in [0.29, 0.717) is 6.61 Å². The molecule has 0 saturated carbocycles. The highest BCUT2D eigenvalue weighted by molar-refractivity contribution is 9.09. The predicted octanol–water partition coefficient (Wildman–Crippen LogP) is 6.17. The molecule has 38 heavy (non-hydrogen) atoms. The van der Waals surface area contributed by atoms with Crippen LogP contribution in [0.2, 0.25) is 5.04 Å². The molecule has 0 radical (unpaired) electrons. The normalized spacial score (nSPS) is 25.9. The van der Waals surface area contributed by atoms with Gasteiger partial charge in [0, 0.05) is 11.9 Å². The first-order valence-corrected chi connectivity index (χ1v) is 17.1. The Hall–Kier alpha value is -1.06. The first-order valence-electron chi connectivity index (χ1n) is 14.1. The molecule has 2 saturated heterocycles. The van der Waals surface area contributed by atoms with Crippen molar-refractivity contribution in [1.29, 1.82) is 0 Å². The van der Waals surface area contributed by atoms with E-state index in [1.165, 1.54) is 10.4 Å². The first-order chi connectivity index (χ1) is 18.1. The Labute approximate surface area is 238 Å². The lowest BCUT2D eigenvalue weighted by atomic mass is 10.0. The van der Waals surface area contributed by atoms with Crippen LogP contribution < -0.4 is 10.4 Å². The third kappa shape index (κ3) is 6.30. The van der Waals surface area contributed by atoms with Gasteiger partial charge >= 0.3 is 0 Å². The molecule has 0 amide bonds. The van der Waals surface area contributed by atoms with Gasteiger partial charge in [-0.2, -0.15) is 0 Å². The molecule has 2 heterocycles. The molecular weight excluding hydrogens is 560 g/mol. The minimum atomic E-state index is -2.79. The van der Waals surface area contributed by atoms with Gasteiger partial charge in [0.15, 0.2) is 12.1 Å². The van der Waals surface area contributed by atoms with Gasteiger partial charge in [0.2, 0.25) is 0 Å². The Kier molecular flexibility index (Phi) is 9.94. The Balaban J connectivity index is 1.77. The molecule has 0 aromatic heterocycles. The Morgan fingerprint density at radius 2 is 1.55 bits per heavy atom. The van der Waals surface area contributed by atoms with Crippen molar-refractivity contribution in [2.24, 2.45) is 0 Å². The number of hydrogen-bond acceptors (Lipinski definition) is 5. The number of benzene rings is 2. The Morgan fingerprint density at radius 1 is 0.947 bits per heavy atom. The van der Waals surface area contributed by atoms with Gasteiger partial charge in [0.25, 0.3) is 8.32 Å². The smallest absolute Gasteiger partial charge is 0.261 e. The fraction of sp³-hybridized carbons (Fsp3) is 0.613. The molecule has 2 aliphatic heterocycles. The molecule has 0 spiro atoms. The largest absolute Gasteiger partial charge is 0.402 e. The second-order valence-electron chi connectivity index (χ2n) is 11.9. The molecule has 4 rings (SSSR count). The quantitative estimate of drug-likeness (QED) is 0.165. The van der Waals surface area contributed by atoms with Crippen molar-refractivity contribution >= 4 is 34.6 Å². The fourth-order valence-electron chi connectivity index (χ4n) is 5.84. The van der Waals surface area contributed by atoms with Crippen LogP contribution in [0.25, 0.3) is 0 Å². The molecular formula is C31H45BrO5Si. The van der Waals surface area contributed by atoms with Crippen molar-refractivity contribution in [3.8, 4) is 0 Å². The van der Waals surface area contributed by atoms with Crippen molar-refractivity contribution in [1.82, 2.24) is 0 Å². The molecule has 2 aromatic carbocycles. The summed E-state index contributed by atoms with van der Waals surface area (Å²) in [5.41, 5.74) is 0. The van der Waals surface area contributed by atoms with Crippen LogP contribution >= 0.6 is 15.9 Å². The number of alkyl halides is 1. The Bertz CT molecular complexity index is 957. The fourth-order valence-corrected chi connectivity index (χ4v) is 10.9. The maximum Gasteiger partial charge on any atom is 0.261 e. The van der Waals surface area contributed by atoms with Gasteiger partial charge < -0.3 is 23.4 Å². The van der Waals surface area contributed by atoms with E-state index in [-0.39, 0.29) is 29.5 Å². The zero-order valence-electron chi connectivity index (χ0n) is 23.8. The zero-order valence-corrected chi connectivity index (χ0v) is 26.4. The highest BCUT2D eigenvalue weighted by Crippen LogP contribution is 2.43. The third-order valence-corrected chi connectivity index (χ3v) is 13.2. The average Bonchev–Trinajstić information content (AvgIpc) is 3.36. The summed E-state index contributed by atoms with van der Waals surface area (Å²) in [6.45, 7) is 13.7. The second-order valence-corrected chi connectivity index (χ2v) is 17.0. The van der Waals surface area contributed by atoms with Crippen LogP contribution in [0.1, 0.15) is 67.2 Å². The van der Waals surface area contributed by atoms with Crippen molar-refractivity contribution < 1.29 is 23.4 Å². The summed E-state index contributed by atoms with van der Waals surface area (Å²) in [7, 11) is -2.79. The molecule has 2 aliphatic rings. The summed E-state index contributed by atoms with van der Waals surface area (Å²) in [5.74, 6) is -0.698. The van der Waals surface area contributed by atoms with Crippen molar-refractivity contribution in [2.75, 3.05) is 11.9 Å². The van der Waals surface area contributed by atoms with Crippen LogP contribution in [0.15, 0.2) is 60.7 Å². The molecule has 0 N–H and O–H groups in total. The summed E-state index contributed by atoms with van der Waals surface area (Å²) in [6.07, 6.45) is 2.39. The van der Waals surface area contributed by atoms with E-state index in [1.54, 1.807) is 0 Å². The summed E-state index contributed by atoms with van der Waals surface area (Å²) in [6, 6.07) is 21.6. The minimum Gasteiger partial charge on any atom is -0.402 e. The van der Waals surface area contributed by atoms with E-state index in [0.717, 1.165) is 31.0 Å².